The third-order valence-electron chi connectivity index (χ3n) is 6.02. The summed E-state index contributed by atoms with van der Waals surface area (Å²) in [6.07, 6.45) is 1.94. The Morgan fingerprint density at radius 1 is 1.31 bits per heavy atom. The molecule has 0 spiro atoms. The average Bonchev–Trinajstić information content (AvgIpc) is 2.97. The maximum atomic E-state index is 11.9. The number of carboxylic acids is 1. The third-order valence-corrected chi connectivity index (χ3v) is 7.18. The second-order valence-electron chi connectivity index (χ2n) is 8.76. The Morgan fingerprint density at radius 3 is 2.62 bits per heavy atom. The van der Waals surface area contributed by atoms with Gasteiger partial charge in [0.1, 0.15) is 5.00 Å². The molecule has 156 valence electrons. The molecule has 29 heavy (non-hydrogen) atoms. The number of nitrogens with zero attached hydrogens (tertiary/aromatic N) is 1. The minimum atomic E-state index is -0.960. The van der Waals surface area contributed by atoms with Crippen molar-refractivity contribution in [3.8, 4) is 0 Å². The van der Waals surface area contributed by atoms with Crippen LogP contribution in [0.4, 0.5) is 10.7 Å². The van der Waals surface area contributed by atoms with Gasteiger partial charge in [0.25, 0.3) is 0 Å². The van der Waals surface area contributed by atoms with Crippen LogP contribution in [0.25, 0.3) is 0 Å². The van der Waals surface area contributed by atoms with Gasteiger partial charge in [-0.3, -0.25) is 0 Å². The molecule has 2 aliphatic rings. The molecule has 1 aromatic carbocycles. The second-order valence-corrected chi connectivity index (χ2v) is 9.86. The van der Waals surface area contributed by atoms with Gasteiger partial charge in [-0.25, -0.2) is 4.79 Å². The van der Waals surface area contributed by atoms with Gasteiger partial charge in [0.2, 0.25) is 0 Å². The molecular formula is C22H28N2O4S. The molecule has 1 unspecified atom stereocenters. The van der Waals surface area contributed by atoms with Crippen molar-refractivity contribution in [1.82, 2.24) is 0 Å². The molecule has 2 aromatic rings. The van der Waals surface area contributed by atoms with E-state index in [0.717, 1.165) is 48.5 Å². The maximum absolute atomic E-state index is 11.9. The molecule has 1 aromatic heterocycles. The zero-order valence-corrected chi connectivity index (χ0v) is 17.9. The number of nitrogens with one attached hydrogen (secondary N) is 1. The number of aliphatic hydroxyl groups excluding tert-OH is 1. The Labute approximate surface area is 175 Å². The Kier molecular flexibility index (Phi) is 5.31. The molecule has 0 radical (unpaired) electrons. The van der Waals surface area contributed by atoms with Gasteiger partial charge in [-0.2, -0.15) is 0 Å². The van der Waals surface area contributed by atoms with E-state index in [4.69, 9.17) is 4.74 Å². The quantitative estimate of drug-likeness (QED) is 0.620. The molecule has 1 aliphatic heterocycles. The number of fused-ring (bicyclic) bond motifs is 1. The van der Waals surface area contributed by atoms with Crippen LogP contribution in [-0.2, 0) is 17.6 Å². The number of rotatable bonds is 6. The number of aliphatic hydroxyl groups is 1. The molecule has 1 aliphatic carbocycles. The number of benzene rings is 1. The standard InChI is InChI=1S/C22H28N2O4S/c1-22(2)9-8-16-17(10-22)29-20(18(16)21(26)27)23-19(25)13-4-6-14(7-5-13)24-11-15(12-24)28-3/h4-7,15,19,23,25H,8-12H2,1-3H3,(H,26,27). The van der Waals surface area contributed by atoms with Gasteiger partial charge in [0.05, 0.1) is 11.7 Å². The molecule has 7 heteroatoms. The lowest BCUT2D eigenvalue weighted by molar-refractivity contribution is 0.0696. The van der Waals surface area contributed by atoms with Gasteiger partial charge >= 0.3 is 5.97 Å². The molecule has 0 saturated carbocycles. The zero-order chi connectivity index (χ0) is 20.8. The van der Waals surface area contributed by atoms with E-state index < -0.39 is 12.2 Å². The maximum Gasteiger partial charge on any atom is 0.338 e. The van der Waals surface area contributed by atoms with Gasteiger partial charge in [0, 0.05) is 36.3 Å². The summed E-state index contributed by atoms with van der Waals surface area (Å²) in [5.74, 6) is -0.933. The van der Waals surface area contributed by atoms with Crippen molar-refractivity contribution in [2.45, 2.75) is 45.4 Å². The first kappa shape index (κ1) is 20.2. The van der Waals surface area contributed by atoms with Gasteiger partial charge < -0.3 is 25.2 Å². The SMILES string of the molecule is COC1CN(c2ccc(C(O)Nc3sc4c(c3C(=O)O)CCC(C)(C)C4)cc2)C1. The minimum Gasteiger partial charge on any atom is -0.478 e. The molecule has 0 amide bonds. The normalized spacial score (nSPS) is 19.4. The number of anilines is 2. The second kappa shape index (κ2) is 7.63. The molecule has 3 N–H and O–H groups in total. The van der Waals surface area contributed by atoms with Crippen LogP contribution in [0.3, 0.4) is 0 Å². The predicted molar refractivity (Wildman–Crippen MR) is 115 cm³/mol. The van der Waals surface area contributed by atoms with Crippen LogP contribution >= 0.6 is 11.3 Å². The van der Waals surface area contributed by atoms with E-state index in [-0.39, 0.29) is 11.5 Å². The van der Waals surface area contributed by atoms with Crippen LogP contribution in [0.15, 0.2) is 24.3 Å². The third kappa shape index (κ3) is 3.99. The molecule has 1 atom stereocenters. The van der Waals surface area contributed by atoms with Crippen LogP contribution in [0.5, 0.6) is 0 Å². The summed E-state index contributed by atoms with van der Waals surface area (Å²) in [5, 5.41) is 24.0. The Hall–Kier alpha value is -2.09. The molecule has 6 nitrogen and oxygen atoms in total. The fourth-order valence-corrected chi connectivity index (χ4v) is 5.63. The Morgan fingerprint density at radius 2 is 2.00 bits per heavy atom. The summed E-state index contributed by atoms with van der Waals surface area (Å²) in [4.78, 5) is 15.3. The lowest BCUT2D eigenvalue weighted by Crippen LogP contribution is -2.51. The van der Waals surface area contributed by atoms with Crippen molar-refractivity contribution in [1.29, 1.82) is 0 Å². The fraction of sp³-hybridized carbons (Fsp3) is 0.500. The minimum absolute atomic E-state index is 0.179. The van der Waals surface area contributed by atoms with E-state index in [9.17, 15) is 15.0 Å². The van der Waals surface area contributed by atoms with E-state index in [2.05, 4.69) is 24.1 Å². The van der Waals surface area contributed by atoms with E-state index in [1.54, 1.807) is 7.11 Å². The van der Waals surface area contributed by atoms with Gasteiger partial charge in [-0.15, -0.1) is 11.3 Å². The number of hydrogen-bond donors (Lipinski definition) is 3. The van der Waals surface area contributed by atoms with Crippen molar-refractivity contribution in [3.63, 3.8) is 0 Å². The number of aromatic carboxylic acids is 1. The van der Waals surface area contributed by atoms with Crippen LogP contribution in [0.1, 0.15) is 52.9 Å². The lowest BCUT2D eigenvalue weighted by Gasteiger charge is -2.40. The summed E-state index contributed by atoms with van der Waals surface area (Å²) < 4.78 is 5.31. The van der Waals surface area contributed by atoms with E-state index in [1.807, 2.05) is 24.3 Å². The van der Waals surface area contributed by atoms with Crippen molar-refractivity contribution < 1.29 is 19.7 Å². The van der Waals surface area contributed by atoms with Crippen molar-refractivity contribution in [3.05, 3.63) is 45.8 Å². The highest BCUT2D eigenvalue weighted by molar-refractivity contribution is 7.16. The Balaban J connectivity index is 1.50. The first-order valence-electron chi connectivity index (χ1n) is 9.97. The van der Waals surface area contributed by atoms with Crippen LogP contribution < -0.4 is 10.2 Å². The van der Waals surface area contributed by atoms with E-state index in [0.29, 0.717) is 16.1 Å². The molecule has 1 fully saturated rings. The predicted octanol–water partition coefficient (Wildman–Crippen LogP) is 3.90. The molecular weight excluding hydrogens is 388 g/mol. The van der Waals surface area contributed by atoms with E-state index in [1.165, 1.54) is 11.3 Å². The highest BCUT2D eigenvalue weighted by Gasteiger charge is 2.33. The summed E-state index contributed by atoms with van der Waals surface area (Å²) in [6.45, 7) is 6.17. The number of carbonyl (C=O) groups is 1. The summed E-state index contributed by atoms with van der Waals surface area (Å²) >= 11 is 1.47. The fourth-order valence-electron chi connectivity index (χ4n) is 4.11. The first-order chi connectivity index (χ1) is 13.8. The highest BCUT2D eigenvalue weighted by atomic mass is 32.1. The van der Waals surface area contributed by atoms with Gasteiger partial charge in [-0.05, 0) is 42.4 Å². The number of carboxylic acid groups (broad SMARTS) is 1. The van der Waals surface area contributed by atoms with Crippen LogP contribution in [-0.4, -0.2) is 42.5 Å². The highest BCUT2D eigenvalue weighted by Crippen LogP contribution is 2.44. The number of hydrogen-bond acceptors (Lipinski definition) is 6. The number of thiophene rings is 1. The molecule has 2 heterocycles. The lowest BCUT2D eigenvalue weighted by atomic mass is 9.77. The van der Waals surface area contributed by atoms with Crippen molar-refractivity contribution in [2.24, 2.45) is 5.41 Å². The largest absolute Gasteiger partial charge is 0.478 e. The van der Waals surface area contributed by atoms with Gasteiger partial charge in [0.15, 0.2) is 6.23 Å². The topological polar surface area (TPSA) is 82.0 Å². The van der Waals surface area contributed by atoms with E-state index >= 15 is 0 Å². The van der Waals surface area contributed by atoms with Gasteiger partial charge in [-0.1, -0.05) is 26.0 Å². The summed E-state index contributed by atoms with van der Waals surface area (Å²) in [6, 6.07) is 7.72. The monoisotopic (exact) mass is 416 g/mol. The number of methoxy groups -OCH3 is 1. The smallest absolute Gasteiger partial charge is 0.338 e. The zero-order valence-electron chi connectivity index (χ0n) is 17.1. The average molecular weight is 417 g/mol. The molecule has 1 saturated heterocycles. The van der Waals surface area contributed by atoms with Crippen LogP contribution in [0, 0.1) is 5.41 Å². The summed E-state index contributed by atoms with van der Waals surface area (Å²) in [7, 11) is 1.72. The van der Waals surface area contributed by atoms with Crippen LogP contribution in [0.2, 0.25) is 0 Å². The Bertz CT molecular complexity index is 900. The van der Waals surface area contributed by atoms with Crippen molar-refractivity contribution >= 4 is 28.0 Å². The molecule has 0 bridgehead atoms. The summed E-state index contributed by atoms with van der Waals surface area (Å²) in [5.41, 5.74) is 3.23. The number of ether oxygens (including phenoxy) is 1. The van der Waals surface area contributed by atoms with Crippen molar-refractivity contribution in [2.75, 3.05) is 30.4 Å². The first-order valence-corrected chi connectivity index (χ1v) is 10.8. The molecule has 4 rings (SSSR count).